The Bertz CT molecular complexity index is 776. The quantitative estimate of drug-likeness (QED) is 0.650. The van der Waals surface area contributed by atoms with Gasteiger partial charge in [-0.2, -0.15) is 0 Å². The molecular weight excluding hydrogens is 356 g/mol. The molecule has 2 rings (SSSR count). The second-order valence-corrected chi connectivity index (χ2v) is 8.62. The lowest BCUT2D eigenvalue weighted by Crippen LogP contribution is -2.34. The van der Waals surface area contributed by atoms with Crippen molar-refractivity contribution in [2.24, 2.45) is 0 Å². The van der Waals surface area contributed by atoms with Crippen molar-refractivity contribution in [1.29, 1.82) is 0 Å². The first-order valence-corrected chi connectivity index (χ1v) is 10.5. The molecule has 0 spiro atoms. The van der Waals surface area contributed by atoms with Crippen molar-refractivity contribution < 1.29 is 22.7 Å². The molecule has 1 N–H and O–H groups in total. The first kappa shape index (κ1) is 20.5. The zero-order valence-corrected chi connectivity index (χ0v) is 16.3. The van der Waals surface area contributed by atoms with Crippen LogP contribution < -0.4 is 5.32 Å². The second kappa shape index (κ2) is 8.75. The fraction of sp³-hybridized carbons (Fsp3) is 0.556. The minimum Gasteiger partial charge on any atom is -0.451 e. The van der Waals surface area contributed by atoms with E-state index < -0.39 is 22.1 Å². The van der Waals surface area contributed by atoms with Crippen molar-refractivity contribution >= 4 is 21.8 Å². The van der Waals surface area contributed by atoms with Crippen molar-refractivity contribution in [3.05, 3.63) is 34.9 Å². The van der Waals surface area contributed by atoms with Gasteiger partial charge in [-0.15, -0.1) is 0 Å². The molecule has 1 aromatic rings. The smallest absolute Gasteiger partial charge is 0.339 e. The number of nitrogens with zero attached hydrogens (tertiary/aromatic N) is 1. The maximum atomic E-state index is 12.6. The Kier molecular flexibility index (Phi) is 6.91. The highest BCUT2D eigenvalue weighted by Crippen LogP contribution is 2.21. The molecule has 0 bridgehead atoms. The van der Waals surface area contributed by atoms with E-state index in [0.29, 0.717) is 25.1 Å². The third-order valence-electron chi connectivity index (χ3n) is 4.49. The van der Waals surface area contributed by atoms with Crippen LogP contribution in [0.15, 0.2) is 18.2 Å². The van der Waals surface area contributed by atoms with E-state index in [9.17, 15) is 18.0 Å². The topological polar surface area (TPSA) is 92.8 Å². The van der Waals surface area contributed by atoms with Crippen molar-refractivity contribution in [3.63, 3.8) is 0 Å². The van der Waals surface area contributed by atoms with E-state index in [0.717, 1.165) is 21.7 Å². The van der Waals surface area contributed by atoms with Gasteiger partial charge in [0.2, 0.25) is 10.0 Å². The van der Waals surface area contributed by atoms with Crippen molar-refractivity contribution in [3.8, 4) is 0 Å². The summed E-state index contributed by atoms with van der Waals surface area (Å²) in [5, 5.41) is 3.19. The number of Topliss-reactive ketones (excluding diaryl/α,β-unsaturated/α-hetero) is 1. The molecule has 1 aromatic carbocycles. The molecule has 26 heavy (non-hydrogen) atoms. The van der Waals surface area contributed by atoms with Gasteiger partial charge < -0.3 is 10.1 Å². The third kappa shape index (κ3) is 5.12. The highest BCUT2D eigenvalue weighted by atomic mass is 32.2. The first-order valence-electron chi connectivity index (χ1n) is 8.70. The normalized spacial score (nSPS) is 14.9. The predicted molar refractivity (Wildman–Crippen MR) is 98.2 cm³/mol. The lowest BCUT2D eigenvalue weighted by Gasteiger charge is -2.20. The summed E-state index contributed by atoms with van der Waals surface area (Å²) in [6.45, 7) is 3.27. The maximum absolute atomic E-state index is 12.6. The number of hydrogen-bond donors (Lipinski definition) is 1. The van der Waals surface area contributed by atoms with E-state index >= 15 is 0 Å². The molecule has 0 aromatic heterocycles. The van der Waals surface area contributed by atoms with Gasteiger partial charge in [0, 0.05) is 39.5 Å². The number of hydrogen-bond acceptors (Lipinski definition) is 6. The van der Waals surface area contributed by atoms with E-state index in [-0.39, 0.29) is 25.2 Å². The summed E-state index contributed by atoms with van der Waals surface area (Å²) in [7, 11) is -1.91. The van der Waals surface area contributed by atoms with E-state index in [1.807, 2.05) is 13.0 Å². The third-order valence-corrected chi connectivity index (χ3v) is 5.80. The van der Waals surface area contributed by atoms with Crippen LogP contribution in [0.5, 0.6) is 0 Å². The summed E-state index contributed by atoms with van der Waals surface area (Å²) < 4.78 is 29.7. The van der Waals surface area contributed by atoms with Gasteiger partial charge in [-0.05, 0) is 23.6 Å². The summed E-state index contributed by atoms with van der Waals surface area (Å²) in [6, 6.07) is 5.44. The summed E-state index contributed by atoms with van der Waals surface area (Å²) in [4.78, 5) is 25.0. The van der Waals surface area contributed by atoms with E-state index in [4.69, 9.17) is 4.74 Å². The number of nitrogens with one attached hydrogen (secondary N) is 1. The van der Waals surface area contributed by atoms with Gasteiger partial charge >= 0.3 is 5.97 Å². The number of carbonyl (C=O) groups excluding carboxylic acids is 2. The van der Waals surface area contributed by atoms with E-state index in [2.05, 4.69) is 5.32 Å². The fourth-order valence-corrected chi connectivity index (χ4v) is 3.31. The van der Waals surface area contributed by atoms with Crippen LogP contribution in [0, 0.1) is 0 Å². The van der Waals surface area contributed by atoms with Crippen LogP contribution in [0.4, 0.5) is 0 Å². The maximum Gasteiger partial charge on any atom is 0.339 e. The highest BCUT2D eigenvalue weighted by Gasteiger charge is 2.27. The average Bonchev–Trinajstić information content (AvgIpc) is 3.05. The summed E-state index contributed by atoms with van der Waals surface area (Å²) in [5.74, 6) is -0.726. The number of ketones is 1. The van der Waals surface area contributed by atoms with E-state index in [1.165, 1.54) is 7.05 Å². The molecule has 1 heterocycles. The highest BCUT2D eigenvalue weighted by molar-refractivity contribution is 7.88. The molecule has 1 aliphatic rings. The van der Waals surface area contributed by atoms with Crippen molar-refractivity contribution in [1.82, 2.24) is 9.62 Å². The van der Waals surface area contributed by atoms with Crippen LogP contribution in [0.2, 0.25) is 0 Å². The van der Waals surface area contributed by atoms with Gasteiger partial charge in [0.1, 0.15) is 0 Å². The number of benzene rings is 1. The van der Waals surface area contributed by atoms with Crippen LogP contribution in [0.1, 0.15) is 47.7 Å². The Hall–Kier alpha value is -1.77. The average molecular weight is 382 g/mol. The zero-order chi connectivity index (χ0) is 19.3. The Labute approximate surface area is 154 Å². The summed E-state index contributed by atoms with van der Waals surface area (Å²) in [5.41, 5.74) is 2.40. The molecule has 1 unspecified atom stereocenters. The largest absolute Gasteiger partial charge is 0.451 e. The minimum absolute atomic E-state index is 0.112. The molecule has 0 saturated heterocycles. The standard InChI is InChI=1S/C18H26N2O5S/c1-4-6-16(21)17(9-10-20(2)26(3,23)24)25-18(22)14-8-5-7-13-11-19-12-15(13)14/h5,7-8,17,19H,4,6,9-12H2,1-3H3. The molecule has 0 radical (unpaired) electrons. The molecule has 0 fully saturated rings. The van der Waals surface area contributed by atoms with Crippen LogP contribution in [-0.4, -0.2) is 50.4 Å². The Balaban J connectivity index is 2.12. The number of rotatable bonds is 9. The zero-order valence-electron chi connectivity index (χ0n) is 15.4. The fourth-order valence-electron chi connectivity index (χ4n) is 2.87. The van der Waals surface area contributed by atoms with Gasteiger partial charge in [-0.1, -0.05) is 19.1 Å². The van der Waals surface area contributed by atoms with Gasteiger partial charge in [-0.25, -0.2) is 17.5 Å². The number of carbonyl (C=O) groups is 2. The lowest BCUT2D eigenvalue weighted by molar-refractivity contribution is -0.128. The molecule has 0 amide bonds. The number of esters is 1. The lowest BCUT2D eigenvalue weighted by atomic mass is 10.0. The Morgan fingerprint density at radius 1 is 1.31 bits per heavy atom. The van der Waals surface area contributed by atoms with Crippen molar-refractivity contribution in [2.45, 2.75) is 45.4 Å². The molecule has 0 aliphatic carbocycles. The summed E-state index contributed by atoms with van der Waals surface area (Å²) in [6.07, 6.45) is 1.22. The van der Waals surface area contributed by atoms with E-state index in [1.54, 1.807) is 12.1 Å². The van der Waals surface area contributed by atoms with Gasteiger partial charge in [0.25, 0.3) is 0 Å². The molecule has 1 atom stereocenters. The molecular formula is C18H26N2O5S. The second-order valence-electron chi connectivity index (χ2n) is 6.53. The van der Waals surface area contributed by atoms with Crippen LogP contribution in [0.25, 0.3) is 0 Å². The number of ether oxygens (including phenoxy) is 1. The predicted octanol–water partition coefficient (Wildman–Crippen LogP) is 1.47. The Morgan fingerprint density at radius 3 is 2.69 bits per heavy atom. The molecule has 144 valence electrons. The molecule has 8 heteroatoms. The monoisotopic (exact) mass is 382 g/mol. The SMILES string of the molecule is CCCC(=O)C(CCN(C)S(C)(=O)=O)OC(=O)c1cccc2c1CNC2. The molecule has 1 aliphatic heterocycles. The van der Waals surface area contributed by atoms with Crippen LogP contribution >= 0.6 is 0 Å². The van der Waals surface area contributed by atoms with Crippen molar-refractivity contribution in [2.75, 3.05) is 19.8 Å². The van der Waals surface area contributed by atoms with Gasteiger partial charge in [0.15, 0.2) is 11.9 Å². The van der Waals surface area contributed by atoms with Gasteiger partial charge in [-0.3, -0.25) is 4.79 Å². The minimum atomic E-state index is -3.35. The Morgan fingerprint density at radius 2 is 2.04 bits per heavy atom. The van der Waals surface area contributed by atoms with Gasteiger partial charge in [0.05, 0.1) is 11.8 Å². The summed E-state index contributed by atoms with van der Waals surface area (Å²) >= 11 is 0. The number of fused-ring (bicyclic) bond motifs is 1. The molecule has 7 nitrogen and oxygen atoms in total. The van der Waals surface area contributed by atoms with Crippen LogP contribution in [-0.2, 0) is 32.6 Å². The van der Waals surface area contributed by atoms with Crippen LogP contribution in [0.3, 0.4) is 0 Å². The number of sulfonamides is 1. The first-order chi connectivity index (χ1) is 12.2. The molecule has 0 saturated carbocycles.